The molecule has 1 aromatic heterocycles. The molecule has 0 aliphatic rings. The summed E-state index contributed by atoms with van der Waals surface area (Å²) in [5.74, 6) is 0.152. The molecule has 0 aliphatic heterocycles. The van der Waals surface area contributed by atoms with Gasteiger partial charge in [0.15, 0.2) is 0 Å². The van der Waals surface area contributed by atoms with Crippen LogP contribution in [0.15, 0.2) is 0 Å². The van der Waals surface area contributed by atoms with Crippen LogP contribution in [0.3, 0.4) is 0 Å². The number of nitrogens with two attached hydrogens (primary N) is 1. The van der Waals surface area contributed by atoms with Crippen LogP contribution in [-0.4, -0.2) is 40.1 Å². The number of nitrogens with zero attached hydrogens (tertiary/aromatic N) is 3. The third-order valence-corrected chi connectivity index (χ3v) is 2.36. The summed E-state index contributed by atoms with van der Waals surface area (Å²) in [6.07, 6.45) is 1.72. The number of carbonyl (C=O) groups excluding carboxylic acids is 1. The Bertz CT molecular complexity index is 440. The SMILES string of the molecule is CCCNC(=O)C(C)Nc1nc(N)nc(OCCC)n1. The van der Waals surface area contributed by atoms with E-state index in [1.165, 1.54) is 0 Å². The molecule has 4 N–H and O–H groups in total. The highest BCUT2D eigenvalue weighted by atomic mass is 16.5. The molecule has 1 rings (SSSR count). The number of hydrogen-bond acceptors (Lipinski definition) is 7. The van der Waals surface area contributed by atoms with Crippen LogP contribution in [0.4, 0.5) is 11.9 Å². The van der Waals surface area contributed by atoms with Crippen molar-refractivity contribution >= 4 is 17.8 Å². The number of ether oxygens (including phenoxy) is 1. The molecule has 1 amide bonds. The molecule has 1 heterocycles. The molecule has 1 atom stereocenters. The second kappa shape index (κ2) is 8.13. The quantitative estimate of drug-likeness (QED) is 0.638. The smallest absolute Gasteiger partial charge is 0.323 e. The van der Waals surface area contributed by atoms with E-state index in [0.717, 1.165) is 12.8 Å². The largest absolute Gasteiger partial charge is 0.463 e. The van der Waals surface area contributed by atoms with Crippen molar-refractivity contribution in [2.45, 2.75) is 39.7 Å². The molecule has 0 aliphatic carbocycles. The zero-order valence-electron chi connectivity index (χ0n) is 12.1. The van der Waals surface area contributed by atoms with Crippen LogP contribution in [0.5, 0.6) is 6.01 Å². The van der Waals surface area contributed by atoms with E-state index in [9.17, 15) is 4.79 Å². The zero-order chi connectivity index (χ0) is 15.0. The summed E-state index contributed by atoms with van der Waals surface area (Å²) in [4.78, 5) is 23.6. The van der Waals surface area contributed by atoms with Gasteiger partial charge < -0.3 is 21.1 Å². The monoisotopic (exact) mass is 282 g/mol. The summed E-state index contributed by atoms with van der Waals surface area (Å²) in [5.41, 5.74) is 5.58. The molecule has 112 valence electrons. The van der Waals surface area contributed by atoms with E-state index in [2.05, 4.69) is 25.6 Å². The predicted molar refractivity (Wildman–Crippen MR) is 76.4 cm³/mol. The summed E-state index contributed by atoms with van der Waals surface area (Å²) < 4.78 is 5.30. The summed E-state index contributed by atoms with van der Waals surface area (Å²) in [5, 5.41) is 5.65. The van der Waals surface area contributed by atoms with Crippen molar-refractivity contribution in [1.29, 1.82) is 0 Å². The Labute approximate surface area is 118 Å². The van der Waals surface area contributed by atoms with Crippen LogP contribution >= 0.6 is 0 Å². The molecular formula is C12H22N6O2. The minimum Gasteiger partial charge on any atom is -0.463 e. The number of aromatic nitrogens is 3. The number of amides is 1. The van der Waals surface area contributed by atoms with Gasteiger partial charge in [-0.05, 0) is 19.8 Å². The molecular weight excluding hydrogens is 260 g/mol. The topological polar surface area (TPSA) is 115 Å². The van der Waals surface area contributed by atoms with E-state index in [-0.39, 0.29) is 23.8 Å². The van der Waals surface area contributed by atoms with Gasteiger partial charge >= 0.3 is 6.01 Å². The van der Waals surface area contributed by atoms with Gasteiger partial charge in [-0.2, -0.15) is 15.0 Å². The van der Waals surface area contributed by atoms with Gasteiger partial charge in [0.25, 0.3) is 0 Å². The molecule has 1 unspecified atom stereocenters. The van der Waals surface area contributed by atoms with Crippen molar-refractivity contribution in [2.24, 2.45) is 0 Å². The van der Waals surface area contributed by atoms with Crippen molar-refractivity contribution in [3.63, 3.8) is 0 Å². The van der Waals surface area contributed by atoms with E-state index in [0.29, 0.717) is 13.2 Å². The van der Waals surface area contributed by atoms with Crippen molar-refractivity contribution < 1.29 is 9.53 Å². The summed E-state index contributed by atoms with van der Waals surface area (Å²) in [7, 11) is 0. The van der Waals surface area contributed by atoms with Crippen LogP contribution < -0.4 is 21.1 Å². The summed E-state index contributed by atoms with van der Waals surface area (Å²) in [6.45, 7) is 6.81. The van der Waals surface area contributed by atoms with Crippen LogP contribution in [0.25, 0.3) is 0 Å². The zero-order valence-corrected chi connectivity index (χ0v) is 12.1. The molecule has 0 aromatic carbocycles. The van der Waals surface area contributed by atoms with Gasteiger partial charge in [-0.15, -0.1) is 0 Å². The van der Waals surface area contributed by atoms with Gasteiger partial charge in [-0.1, -0.05) is 13.8 Å². The minimum absolute atomic E-state index is 0.0507. The maximum Gasteiger partial charge on any atom is 0.323 e. The number of anilines is 2. The van der Waals surface area contributed by atoms with Gasteiger partial charge in [0.05, 0.1) is 6.61 Å². The van der Waals surface area contributed by atoms with Crippen LogP contribution in [0.2, 0.25) is 0 Å². The lowest BCUT2D eigenvalue weighted by Gasteiger charge is -2.14. The summed E-state index contributed by atoms with van der Waals surface area (Å²) in [6, 6.07) is -0.314. The first-order chi connectivity index (χ1) is 9.56. The fourth-order valence-electron chi connectivity index (χ4n) is 1.36. The molecule has 0 spiro atoms. The first kappa shape index (κ1) is 15.9. The summed E-state index contributed by atoms with van der Waals surface area (Å²) >= 11 is 0. The third kappa shape index (κ3) is 5.25. The van der Waals surface area contributed by atoms with Crippen LogP contribution in [0, 0.1) is 0 Å². The molecule has 8 nitrogen and oxygen atoms in total. The molecule has 8 heteroatoms. The third-order valence-electron chi connectivity index (χ3n) is 2.36. The lowest BCUT2D eigenvalue weighted by atomic mass is 10.3. The highest BCUT2D eigenvalue weighted by Gasteiger charge is 2.14. The van der Waals surface area contributed by atoms with Crippen molar-refractivity contribution in [3.8, 4) is 6.01 Å². The number of hydrogen-bond donors (Lipinski definition) is 3. The molecule has 1 aromatic rings. The van der Waals surface area contributed by atoms with E-state index >= 15 is 0 Å². The van der Waals surface area contributed by atoms with Crippen molar-refractivity contribution in [2.75, 3.05) is 24.2 Å². The van der Waals surface area contributed by atoms with Crippen molar-refractivity contribution in [1.82, 2.24) is 20.3 Å². The Morgan fingerprint density at radius 3 is 2.70 bits per heavy atom. The highest BCUT2D eigenvalue weighted by Crippen LogP contribution is 2.10. The van der Waals surface area contributed by atoms with Crippen molar-refractivity contribution in [3.05, 3.63) is 0 Å². The maximum atomic E-state index is 11.7. The first-order valence-electron chi connectivity index (χ1n) is 6.75. The van der Waals surface area contributed by atoms with Gasteiger partial charge in [-0.3, -0.25) is 4.79 Å². The number of carbonyl (C=O) groups is 1. The Balaban J connectivity index is 2.66. The molecule has 0 radical (unpaired) electrons. The highest BCUT2D eigenvalue weighted by molar-refractivity contribution is 5.83. The normalized spacial score (nSPS) is 11.8. The second-order valence-corrected chi connectivity index (χ2v) is 4.31. The molecule has 0 bridgehead atoms. The molecule has 0 fully saturated rings. The van der Waals surface area contributed by atoms with E-state index < -0.39 is 6.04 Å². The fraction of sp³-hybridized carbons (Fsp3) is 0.667. The predicted octanol–water partition coefficient (Wildman–Crippen LogP) is 0.569. The second-order valence-electron chi connectivity index (χ2n) is 4.31. The maximum absolute atomic E-state index is 11.7. The number of rotatable bonds is 8. The van der Waals surface area contributed by atoms with E-state index in [1.54, 1.807) is 6.92 Å². The molecule has 20 heavy (non-hydrogen) atoms. The van der Waals surface area contributed by atoms with Gasteiger partial charge in [-0.25, -0.2) is 0 Å². The average molecular weight is 282 g/mol. The molecule has 0 saturated heterocycles. The average Bonchev–Trinajstić information content (AvgIpc) is 2.41. The Morgan fingerprint density at radius 2 is 2.05 bits per heavy atom. The minimum atomic E-state index is -0.470. The lowest BCUT2D eigenvalue weighted by molar-refractivity contribution is -0.121. The number of nitrogen functional groups attached to an aromatic ring is 1. The Morgan fingerprint density at radius 1 is 1.30 bits per heavy atom. The van der Waals surface area contributed by atoms with E-state index in [4.69, 9.17) is 10.5 Å². The van der Waals surface area contributed by atoms with Gasteiger partial charge in [0.1, 0.15) is 6.04 Å². The standard InChI is InChI=1S/C12H22N6O2/c1-4-6-14-9(19)8(3)15-11-16-10(13)17-12(18-11)20-7-5-2/h8H,4-7H2,1-3H3,(H,14,19)(H3,13,15,16,17,18). The first-order valence-corrected chi connectivity index (χ1v) is 6.75. The number of nitrogens with one attached hydrogen (secondary N) is 2. The fourth-order valence-corrected chi connectivity index (χ4v) is 1.36. The van der Waals surface area contributed by atoms with Crippen LogP contribution in [0.1, 0.15) is 33.6 Å². The van der Waals surface area contributed by atoms with Crippen LogP contribution in [-0.2, 0) is 4.79 Å². The van der Waals surface area contributed by atoms with Gasteiger partial charge in [0, 0.05) is 6.54 Å². The van der Waals surface area contributed by atoms with E-state index in [1.807, 2.05) is 13.8 Å². The Kier molecular flexibility index (Phi) is 6.48. The Hall–Kier alpha value is -2.12. The van der Waals surface area contributed by atoms with Gasteiger partial charge in [0.2, 0.25) is 17.8 Å². The lowest BCUT2D eigenvalue weighted by Crippen LogP contribution is -2.38. The molecule has 0 saturated carbocycles.